The molecule has 0 heterocycles. The largest absolute Gasteiger partial charge is 0.419 e. The fraction of sp³-hybridized carbons (Fsp3) is 0.188. The number of hydrogen-bond acceptors (Lipinski definition) is 6. The van der Waals surface area contributed by atoms with E-state index in [-0.39, 0.29) is 5.75 Å². The number of thioether (sulfide) groups is 1. The monoisotopic (exact) mass is 505 g/mol. The minimum absolute atomic E-state index is 0.258. The maximum atomic E-state index is 13.5. The predicted molar refractivity (Wildman–Crippen MR) is 108 cm³/mol. The second-order valence-corrected chi connectivity index (χ2v) is 11.5. The van der Waals surface area contributed by atoms with E-state index in [1.165, 1.54) is 18.0 Å². The standard InChI is InChI=1S/C16H12Cl2F3NO4S3/c17-28(23,24)13-7-6-12(15(29(18,25)26)14(13)16(19,20)21)22-8-9-27-10-11-4-2-1-3-5-11/h1-8H,9-10H2. The molecular formula is C16H12Cl2F3NO4S3. The normalized spacial score (nSPS) is 13.1. The molecule has 2 rings (SSSR count). The van der Waals surface area contributed by atoms with E-state index in [9.17, 15) is 30.0 Å². The van der Waals surface area contributed by atoms with Crippen molar-refractivity contribution in [1.29, 1.82) is 0 Å². The van der Waals surface area contributed by atoms with Gasteiger partial charge in [-0.3, -0.25) is 4.99 Å². The fourth-order valence-corrected chi connectivity index (χ4v) is 5.49. The van der Waals surface area contributed by atoms with E-state index in [4.69, 9.17) is 21.4 Å². The van der Waals surface area contributed by atoms with Gasteiger partial charge in [0.2, 0.25) is 0 Å². The first-order valence-corrected chi connectivity index (χ1v) is 13.4. The molecule has 5 nitrogen and oxygen atoms in total. The molecule has 13 heteroatoms. The Morgan fingerprint density at radius 1 is 0.966 bits per heavy atom. The molecule has 0 fully saturated rings. The molecule has 0 unspecified atom stereocenters. The van der Waals surface area contributed by atoms with Gasteiger partial charge >= 0.3 is 6.18 Å². The van der Waals surface area contributed by atoms with Gasteiger partial charge in [-0.25, -0.2) is 16.8 Å². The van der Waals surface area contributed by atoms with Crippen molar-refractivity contribution in [3.8, 4) is 0 Å². The highest BCUT2D eigenvalue weighted by molar-refractivity contribution is 8.14. The molecule has 0 amide bonds. The minimum Gasteiger partial charge on any atom is -0.259 e. The Hall–Kier alpha value is -1.27. The molecule has 0 saturated heterocycles. The van der Waals surface area contributed by atoms with Crippen molar-refractivity contribution in [3.05, 3.63) is 53.6 Å². The van der Waals surface area contributed by atoms with Gasteiger partial charge in [-0.15, -0.1) is 0 Å². The molecule has 0 bridgehead atoms. The summed E-state index contributed by atoms with van der Waals surface area (Å²) in [6.07, 6.45) is -4.15. The van der Waals surface area contributed by atoms with Gasteiger partial charge in [0.25, 0.3) is 18.1 Å². The molecule has 0 aliphatic rings. The van der Waals surface area contributed by atoms with Crippen LogP contribution in [0.4, 0.5) is 18.9 Å². The van der Waals surface area contributed by atoms with Gasteiger partial charge in [0.15, 0.2) is 0 Å². The quantitative estimate of drug-likeness (QED) is 0.293. The van der Waals surface area contributed by atoms with Crippen LogP contribution in [0.5, 0.6) is 0 Å². The maximum absolute atomic E-state index is 13.5. The highest BCUT2D eigenvalue weighted by Gasteiger charge is 2.43. The van der Waals surface area contributed by atoms with Crippen LogP contribution in [0.3, 0.4) is 0 Å². The van der Waals surface area contributed by atoms with Gasteiger partial charge in [0.05, 0.1) is 16.1 Å². The lowest BCUT2D eigenvalue weighted by atomic mass is 10.2. The molecule has 0 aliphatic heterocycles. The van der Waals surface area contributed by atoms with Crippen LogP contribution >= 0.6 is 33.1 Å². The van der Waals surface area contributed by atoms with E-state index in [1.54, 1.807) is 0 Å². The van der Waals surface area contributed by atoms with E-state index in [0.717, 1.165) is 11.6 Å². The number of rotatable bonds is 7. The van der Waals surface area contributed by atoms with Crippen molar-refractivity contribution >= 4 is 63.1 Å². The molecule has 158 valence electrons. The lowest BCUT2D eigenvalue weighted by Crippen LogP contribution is -2.15. The molecule has 0 radical (unpaired) electrons. The Balaban J connectivity index is 2.42. The summed E-state index contributed by atoms with van der Waals surface area (Å²) in [5.41, 5.74) is -1.60. The van der Waals surface area contributed by atoms with Crippen LogP contribution in [0, 0.1) is 0 Å². The van der Waals surface area contributed by atoms with Crippen LogP contribution in [0.15, 0.2) is 57.2 Å². The van der Waals surface area contributed by atoms with Crippen molar-refractivity contribution in [2.45, 2.75) is 21.7 Å². The van der Waals surface area contributed by atoms with E-state index >= 15 is 0 Å². The third-order valence-electron chi connectivity index (χ3n) is 3.42. The Morgan fingerprint density at radius 2 is 1.59 bits per heavy atom. The molecule has 2 aromatic rings. The van der Waals surface area contributed by atoms with Crippen molar-refractivity contribution in [2.24, 2.45) is 4.99 Å². The first kappa shape index (κ1) is 24.0. The Labute approximate surface area is 178 Å². The molecular weight excluding hydrogens is 494 g/mol. The molecule has 0 N–H and O–H groups in total. The van der Waals surface area contributed by atoms with Crippen LogP contribution < -0.4 is 0 Å². The van der Waals surface area contributed by atoms with Gasteiger partial charge in [-0.2, -0.15) is 24.9 Å². The molecule has 0 atom stereocenters. The van der Waals surface area contributed by atoms with Gasteiger partial charge in [0, 0.05) is 39.1 Å². The molecule has 0 aliphatic carbocycles. The van der Waals surface area contributed by atoms with Crippen LogP contribution in [-0.4, -0.2) is 28.8 Å². The van der Waals surface area contributed by atoms with Gasteiger partial charge in [0.1, 0.15) is 4.90 Å². The van der Waals surface area contributed by atoms with Crippen molar-refractivity contribution < 1.29 is 30.0 Å². The van der Waals surface area contributed by atoms with E-state index in [2.05, 4.69) is 4.99 Å². The Kier molecular flexibility index (Phi) is 7.66. The number of halogens is 5. The van der Waals surface area contributed by atoms with Gasteiger partial charge < -0.3 is 0 Å². The maximum Gasteiger partial charge on any atom is 0.419 e. The second kappa shape index (κ2) is 9.25. The number of hydrogen-bond donors (Lipinski definition) is 0. The van der Waals surface area contributed by atoms with Gasteiger partial charge in [-0.05, 0) is 17.7 Å². The van der Waals surface area contributed by atoms with Crippen LogP contribution in [0.25, 0.3) is 0 Å². The smallest absolute Gasteiger partial charge is 0.259 e. The number of alkyl halides is 3. The Morgan fingerprint density at radius 3 is 2.10 bits per heavy atom. The average Bonchev–Trinajstić information content (AvgIpc) is 2.59. The first-order chi connectivity index (χ1) is 13.3. The van der Waals surface area contributed by atoms with Gasteiger partial charge in [-0.1, -0.05) is 30.3 Å². The van der Waals surface area contributed by atoms with E-state index < -0.39 is 45.3 Å². The zero-order chi connectivity index (χ0) is 21.9. The van der Waals surface area contributed by atoms with E-state index in [0.29, 0.717) is 11.8 Å². The zero-order valence-corrected chi connectivity index (χ0v) is 18.2. The lowest BCUT2D eigenvalue weighted by Gasteiger charge is -2.15. The van der Waals surface area contributed by atoms with Crippen molar-refractivity contribution in [3.63, 3.8) is 0 Å². The van der Waals surface area contributed by atoms with E-state index in [1.807, 2.05) is 30.3 Å². The highest BCUT2D eigenvalue weighted by Crippen LogP contribution is 2.44. The molecule has 0 saturated carbocycles. The SMILES string of the molecule is O=S(=O)(Cl)c1ccc(N=CCSCc2ccccc2)c(S(=O)(=O)Cl)c1C(F)(F)F. The minimum atomic E-state index is -5.36. The lowest BCUT2D eigenvalue weighted by molar-refractivity contribution is -0.142. The van der Waals surface area contributed by atoms with Crippen LogP contribution in [-0.2, 0) is 30.0 Å². The average molecular weight is 506 g/mol. The summed E-state index contributed by atoms with van der Waals surface area (Å²) in [5, 5.41) is 0. The third kappa shape index (κ3) is 6.61. The molecule has 0 aromatic heterocycles. The molecule has 0 spiro atoms. The zero-order valence-electron chi connectivity index (χ0n) is 14.2. The topological polar surface area (TPSA) is 80.6 Å². The van der Waals surface area contributed by atoms with Crippen LogP contribution in [0.2, 0.25) is 0 Å². The summed E-state index contributed by atoms with van der Waals surface area (Å²) in [6.45, 7) is 0. The Bertz CT molecular complexity index is 1120. The highest BCUT2D eigenvalue weighted by atomic mass is 35.7. The van der Waals surface area contributed by atoms with Crippen molar-refractivity contribution in [1.82, 2.24) is 0 Å². The number of aliphatic imine (C=N–C) groups is 1. The second-order valence-electron chi connectivity index (χ2n) is 5.47. The summed E-state index contributed by atoms with van der Waals surface area (Å²) in [4.78, 5) is 0.880. The summed E-state index contributed by atoms with van der Waals surface area (Å²) >= 11 is 1.39. The summed E-state index contributed by atoms with van der Waals surface area (Å²) in [6, 6.07) is 10.7. The molecule has 2 aromatic carbocycles. The predicted octanol–water partition coefficient (Wildman–Crippen LogP) is 5.20. The third-order valence-corrected chi connectivity index (χ3v) is 7.07. The van der Waals surface area contributed by atoms with Crippen molar-refractivity contribution in [2.75, 3.05) is 5.75 Å². The van der Waals surface area contributed by atoms with Crippen LogP contribution in [0.1, 0.15) is 11.1 Å². The summed E-state index contributed by atoms with van der Waals surface area (Å²) in [7, 11) is 0.303. The molecule has 29 heavy (non-hydrogen) atoms. The number of benzene rings is 2. The summed E-state index contributed by atoms with van der Waals surface area (Å²) < 4.78 is 87.1. The fourth-order valence-electron chi connectivity index (χ4n) is 2.31. The first-order valence-electron chi connectivity index (χ1n) is 7.59. The number of nitrogens with zero attached hydrogens (tertiary/aromatic N) is 1. The summed E-state index contributed by atoms with van der Waals surface area (Å²) in [5.74, 6) is 0.859.